The fourth-order valence-electron chi connectivity index (χ4n) is 3.47. The number of nitro groups is 1. The third-order valence-electron chi connectivity index (χ3n) is 4.88. The maximum absolute atomic E-state index is 11.7. The molecule has 1 aromatic rings. The van der Waals surface area contributed by atoms with Gasteiger partial charge in [0, 0.05) is 30.9 Å². The summed E-state index contributed by atoms with van der Waals surface area (Å²) in [7, 11) is 1.54. The Kier molecular flexibility index (Phi) is 4.96. The minimum absolute atomic E-state index is 0.0243. The van der Waals surface area contributed by atoms with E-state index in [1.807, 2.05) is 18.2 Å². The van der Waals surface area contributed by atoms with Gasteiger partial charge in [-0.2, -0.15) is 0 Å². The molecule has 5 heteroatoms. The van der Waals surface area contributed by atoms with Gasteiger partial charge in [0.15, 0.2) is 0 Å². The highest BCUT2D eigenvalue weighted by atomic mass is 16.6. The highest BCUT2D eigenvalue weighted by molar-refractivity contribution is 5.15. The van der Waals surface area contributed by atoms with Crippen LogP contribution in [0.15, 0.2) is 30.3 Å². The summed E-state index contributed by atoms with van der Waals surface area (Å²) in [6, 6.07) is 10.0. The standard InChI is InChI=1S/C16H24N2O3/c1-16(18(19)20)13(10-14(17)11-15(16)21-2)9-8-12-6-4-3-5-7-12/h3-7,13-15H,8-11,17H2,1-2H3/t13-,14?,15+,16+/m0/s1. The van der Waals surface area contributed by atoms with Crippen molar-refractivity contribution in [2.45, 2.75) is 50.3 Å². The van der Waals surface area contributed by atoms with Gasteiger partial charge in [-0.3, -0.25) is 10.1 Å². The number of nitrogens with zero attached hydrogens (tertiary/aromatic N) is 1. The Hall–Kier alpha value is -1.46. The van der Waals surface area contributed by atoms with Gasteiger partial charge in [-0.15, -0.1) is 0 Å². The SMILES string of the molecule is CO[C@@H]1CC(N)C[C@H](CCc2ccccc2)[C@@]1(C)[N+](=O)[O-]. The van der Waals surface area contributed by atoms with E-state index >= 15 is 0 Å². The second kappa shape index (κ2) is 6.54. The largest absolute Gasteiger partial charge is 0.374 e. The first-order chi connectivity index (χ1) is 9.98. The zero-order chi connectivity index (χ0) is 15.5. The van der Waals surface area contributed by atoms with Gasteiger partial charge < -0.3 is 10.5 Å². The number of hydrogen-bond acceptors (Lipinski definition) is 4. The van der Waals surface area contributed by atoms with Crippen LogP contribution in [0.1, 0.15) is 31.7 Å². The van der Waals surface area contributed by atoms with Crippen LogP contribution in [0.25, 0.3) is 0 Å². The number of methoxy groups -OCH3 is 1. The summed E-state index contributed by atoms with van der Waals surface area (Å²) in [6.07, 6.45) is 2.41. The molecule has 0 spiro atoms. The van der Waals surface area contributed by atoms with E-state index < -0.39 is 11.6 Å². The van der Waals surface area contributed by atoms with Gasteiger partial charge in [0.05, 0.1) is 0 Å². The minimum Gasteiger partial charge on any atom is -0.374 e. The zero-order valence-electron chi connectivity index (χ0n) is 12.7. The quantitative estimate of drug-likeness (QED) is 0.667. The summed E-state index contributed by atoms with van der Waals surface area (Å²) < 4.78 is 5.40. The molecule has 1 aliphatic carbocycles. The van der Waals surface area contributed by atoms with E-state index in [1.165, 1.54) is 5.56 Å². The molecule has 0 saturated heterocycles. The van der Waals surface area contributed by atoms with Crippen LogP contribution >= 0.6 is 0 Å². The third-order valence-corrected chi connectivity index (χ3v) is 4.88. The average Bonchev–Trinajstić information content (AvgIpc) is 2.48. The molecule has 1 aliphatic rings. The molecule has 1 fully saturated rings. The Morgan fingerprint density at radius 2 is 2.05 bits per heavy atom. The van der Waals surface area contributed by atoms with E-state index in [2.05, 4.69) is 12.1 Å². The Morgan fingerprint density at radius 1 is 1.38 bits per heavy atom. The van der Waals surface area contributed by atoms with Crippen molar-refractivity contribution in [3.8, 4) is 0 Å². The van der Waals surface area contributed by atoms with E-state index in [-0.39, 0.29) is 16.9 Å². The molecule has 0 bridgehead atoms. The summed E-state index contributed by atoms with van der Waals surface area (Å²) in [5.74, 6) is -0.0681. The van der Waals surface area contributed by atoms with Crippen LogP contribution in [0.2, 0.25) is 0 Å². The molecule has 1 unspecified atom stereocenters. The zero-order valence-corrected chi connectivity index (χ0v) is 12.7. The summed E-state index contributed by atoms with van der Waals surface area (Å²) in [4.78, 5) is 11.5. The number of rotatable bonds is 5. The first-order valence-electron chi connectivity index (χ1n) is 7.45. The topological polar surface area (TPSA) is 78.4 Å². The monoisotopic (exact) mass is 292 g/mol. The van der Waals surface area contributed by atoms with Crippen molar-refractivity contribution in [1.29, 1.82) is 0 Å². The van der Waals surface area contributed by atoms with Crippen LogP contribution in [-0.4, -0.2) is 29.7 Å². The lowest BCUT2D eigenvalue weighted by Gasteiger charge is -2.42. The lowest BCUT2D eigenvalue weighted by atomic mass is 9.68. The maximum atomic E-state index is 11.7. The number of aryl methyl sites for hydroxylation is 1. The Morgan fingerprint density at radius 3 is 2.62 bits per heavy atom. The summed E-state index contributed by atoms with van der Waals surface area (Å²) in [6.45, 7) is 1.71. The van der Waals surface area contributed by atoms with Gasteiger partial charge in [-0.1, -0.05) is 30.3 Å². The predicted octanol–water partition coefficient (Wildman–Crippen LogP) is 2.41. The van der Waals surface area contributed by atoms with Crippen LogP contribution in [0, 0.1) is 16.0 Å². The van der Waals surface area contributed by atoms with Crippen LogP contribution in [-0.2, 0) is 11.2 Å². The van der Waals surface area contributed by atoms with Gasteiger partial charge in [-0.25, -0.2) is 0 Å². The number of ether oxygens (including phenoxy) is 1. The van der Waals surface area contributed by atoms with Crippen molar-refractivity contribution in [2.75, 3.05) is 7.11 Å². The maximum Gasteiger partial charge on any atom is 0.247 e. The molecule has 0 heterocycles. The molecule has 4 atom stereocenters. The molecule has 0 aliphatic heterocycles. The van der Waals surface area contributed by atoms with Gasteiger partial charge in [-0.05, 0) is 31.2 Å². The fourth-order valence-corrected chi connectivity index (χ4v) is 3.47. The second-order valence-electron chi connectivity index (χ2n) is 6.16. The van der Waals surface area contributed by atoms with Gasteiger partial charge in [0.1, 0.15) is 6.10 Å². The molecule has 21 heavy (non-hydrogen) atoms. The summed E-state index contributed by atoms with van der Waals surface area (Å²) in [5.41, 5.74) is 6.23. The van der Waals surface area contributed by atoms with E-state index in [0.717, 1.165) is 12.8 Å². The molecule has 0 amide bonds. The molecular weight excluding hydrogens is 268 g/mol. The Balaban J connectivity index is 2.15. The first kappa shape index (κ1) is 15.9. The van der Waals surface area contributed by atoms with Crippen LogP contribution in [0.4, 0.5) is 0 Å². The lowest BCUT2D eigenvalue weighted by Crippen LogP contribution is -2.59. The van der Waals surface area contributed by atoms with Crippen LogP contribution in [0.3, 0.4) is 0 Å². The third kappa shape index (κ3) is 3.24. The van der Waals surface area contributed by atoms with E-state index in [0.29, 0.717) is 12.8 Å². The Bertz CT molecular complexity index is 480. The minimum atomic E-state index is -1.06. The molecule has 2 rings (SSSR count). The van der Waals surface area contributed by atoms with E-state index in [9.17, 15) is 10.1 Å². The van der Waals surface area contributed by atoms with Crippen molar-refractivity contribution < 1.29 is 9.66 Å². The number of nitrogens with two attached hydrogens (primary N) is 1. The summed E-state index contributed by atoms with van der Waals surface area (Å²) >= 11 is 0. The highest BCUT2D eigenvalue weighted by Gasteiger charge is 2.56. The van der Waals surface area contributed by atoms with Crippen LogP contribution < -0.4 is 5.73 Å². The highest BCUT2D eigenvalue weighted by Crippen LogP contribution is 2.39. The van der Waals surface area contributed by atoms with Crippen molar-refractivity contribution >= 4 is 0 Å². The molecule has 2 N–H and O–H groups in total. The lowest BCUT2D eigenvalue weighted by molar-refractivity contribution is -0.593. The number of benzene rings is 1. The molecule has 1 aromatic carbocycles. The predicted molar refractivity (Wildman–Crippen MR) is 81.7 cm³/mol. The fraction of sp³-hybridized carbons (Fsp3) is 0.625. The number of hydrogen-bond donors (Lipinski definition) is 1. The van der Waals surface area contributed by atoms with Crippen molar-refractivity contribution in [1.82, 2.24) is 0 Å². The van der Waals surface area contributed by atoms with Crippen molar-refractivity contribution in [2.24, 2.45) is 11.7 Å². The van der Waals surface area contributed by atoms with E-state index in [4.69, 9.17) is 10.5 Å². The normalized spacial score (nSPS) is 32.8. The summed E-state index contributed by atoms with van der Waals surface area (Å²) in [5, 5.41) is 11.7. The molecule has 1 saturated carbocycles. The van der Waals surface area contributed by atoms with Gasteiger partial charge in [0.2, 0.25) is 5.54 Å². The Labute approximate surface area is 125 Å². The van der Waals surface area contributed by atoms with Crippen LogP contribution in [0.5, 0.6) is 0 Å². The van der Waals surface area contributed by atoms with Crippen molar-refractivity contribution in [3.05, 3.63) is 46.0 Å². The van der Waals surface area contributed by atoms with Crippen molar-refractivity contribution in [3.63, 3.8) is 0 Å². The average molecular weight is 292 g/mol. The first-order valence-corrected chi connectivity index (χ1v) is 7.45. The van der Waals surface area contributed by atoms with Gasteiger partial charge in [0.25, 0.3) is 0 Å². The van der Waals surface area contributed by atoms with E-state index in [1.54, 1.807) is 14.0 Å². The molecular formula is C16H24N2O3. The second-order valence-corrected chi connectivity index (χ2v) is 6.16. The smallest absolute Gasteiger partial charge is 0.247 e. The molecule has 0 aromatic heterocycles. The molecule has 5 nitrogen and oxygen atoms in total. The molecule has 116 valence electrons. The van der Waals surface area contributed by atoms with Gasteiger partial charge >= 0.3 is 0 Å². The molecule has 0 radical (unpaired) electrons.